The van der Waals surface area contributed by atoms with Crippen molar-refractivity contribution in [2.24, 2.45) is 10.9 Å². The van der Waals surface area contributed by atoms with E-state index in [1.54, 1.807) is 26.0 Å². The lowest BCUT2D eigenvalue weighted by Crippen LogP contribution is -2.28. The summed E-state index contributed by atoms with van der Waals surface area (Å²) < 4.78 is 18.1. The van der Waals surface area contributed by atoms with Crippen LogP contribution < -0.4 is 11.1 Å². The third-order valence-corrected chi connectivity index (χ3v) is 5.45. The molecule has 1 unspecified atom stereocenters. The van der Waals surface area contributed by atoms with E-state index >= 15 is 0 Å². The van der Waals surface area contributed by atoms with Gasteiger partial charge in [0.2, 0.25) is 6.10 Å². The molecule has 1 atom stereocenters. The maximum atomic E-state index is 13.1. The summed E-state index contributed by atoms with van der Waals surface area (Å²) in [5, 5.41) is 6.64. The summed E-state index contributed by atoms with van der Waals surface area (Å²) in [6.45, 7) is 3.34. The monoisotopic (exact) mass is 419 g/mol. The van der Waals surface area contributed by atoms with Crippen LogP contribution in [0, 0.1) is 12.7 Å². The first-order chi connectivity index (χ1) is 13.8. The lowest BCUT2D eigenvalue weighted by Gasteiger charge is -2.10. The molecule has 10 heteroatoms. The zero-order chi connectivity index (χ0) is 21.1. The number of ether oxygens (including phenoxy) is 1. The third kappa shape index (κ3) is 4.27. The first kappa shape index (κ1) is 20.5. The van der Waals surface area contributed by atoms with Gasteiger partial charge in [-0.25, -0.2) is 9.18 Å². The van der Waals surface area contributed by atoms with Crippen LogP contribution in [-0.2, 0) is 14.4 Å². The fourth-order valence-electron chi connectivity index (χ4n) is 2.81. The molecular weight excluding hydrogens is 401 g/mol. The van der Waals surface area contributed by atoms with Gasteiger partial charge >= 0.3 is 5.97 Å². The SMILES string of the molecule is CCOC(=O)c1c(NC(=O)C2CC(c3ccc(F)cc3)=NO2)sc(C(N)=O)c1C. The van der Waals surface area contributed by atoms with Gasteiger partial charge in [-0.2, -0.15) is 0 Å². The number of carbonyl (C=O) groups is 3. The Hall–Kier alpha value is -3.27. The highest BCUT2D eigenvalue weighted by molar-refractivity contribution is 7.18. The van der Waals surface area contributed by atoms with Crippen LogP contribution in [0.15, 0.2) is 29.4 Å². The fraction of sp³-hybridized carbons (Fsp3) is 0.263. The van der Waals surface area contributed by atoms with Gasteiger partial charge in [0.25, 0.3) is 11.8 Å². The van der Waals surface area contributed by atoms with Gasteiger partial charge in [0.05, 0.1) is 22.8 Å². The summed E-state index contributed by atoms with van der Waals surface area (Å²) in [6, 6.07) is 5.66. The predicted molar refractivity (Wildman–Crippen MR) is 105 cm³/mol. The molecule has 0 radical (unpaired) electrons. The van der Waals surface area contributed by atoms with Crippen LogP contribution in [0.2, 0.25) is 0 Å². The Morgan fingerprint density at radius 2 is 2.03 bits per heavy atom. The van der Waals surface area contributed by atoms with Gasteiger partial charge in [-0.05, 0) is 37.1 Å². The molecule has 1 aliphatic rings. The molecule has 1 aromatic carbocycles. The summed E-state index contributed by atoms with van der Waals surface area (Å²) in [5.74, 6) is -2.31. The van der Waals surface area contributed by atoms with Crippen molar-refractivity contribution in [1.29, 1.82) is 0 Å². The molecule has 3 N–H and O–H groups in total. The second kappa shape index (κ2) is 8.39. The van der Waals surface area contributed by atoms with Gasteiger partial charge in [0, 0.05) is 6.42 Å². The first-order valence-electron chi connectivity index (χ1n) is 8.71. The summed E-state index contributed by atoms with van der Waals surface area (Å²) in [5.41, 5.74) is 6.91. The summed E-state index contributed by atoms with van der Waals surface area (Å²) in [7, 11) is 0. The number of thiophene rings is 1. The number of amides is 2. The van der Waals surface area contributed by atoms with Crippen LogP contribution in [0.1, 0.15) is 44.5 Å². The molecule has 2 heterocycles. The van der Waals surface area contributed by atoms with Crippen molar-refractivity contribution in [3.05, 3.63) is 51.7 Å². The molecule has 0 bridgehead atoms. The molecule has 2 aromatic rings. The smallest absolute Gasteiger partial charge is 0.341 e. The van der Waals surface area contributed by atoms with Crippen LogP contribution in [0.25, 0.3) is 0 Å². The highest BCUT2D eigenvalue weighted by atomic mass is 32.1. The standard InChI is InChI=1S/C19H18FN3O5S/c1-3-27-19(26)14-9(2)15(16(21)24)29-18(14)22-17(25)13-8-12(23-28-13)10-4-6-11(20)7-5-10/h4-7,13H,3,8H2,1-2H3,(H2,21,24)(H,22,25). The Labute approximate surface area is 169 Å². The number of benzene rings is 1. The van der Waals surface area contributed by atoms with Gasteiger partial charge in [-0.15, -0.1) is 11.3 Å². The Morgan fingerprint density at radius 3 is 2.66 bits per heavy atom. The van der Waals surface area contributed by atoms with Crippen LogP contribution in [0.5, 0.6) is 0 Å². The largest absolute Gasteiger partial charge is 0.462 e. The van der Waals surface area contributed by atoms with Crippen molar-refractivity contribution in [2.75, 3.05) is 11.9 Å². The van der Waals surface area contributed by atoms with Crippen molar-refractivity contribution >= 4 is 39.8 Å². The van der Waals surface area contributed by atoms with Crippen molar-refractivity contribution in [3.8, 4) is 0 Å². The molecule has 0 fully saturated rings. The zero-order valence-electron chi connectivity index (χ0n) is 15.7. The average molecular weight is 419 g/mol. The number of esters is 1. The minimum absolute atomic E-state index is 0.0803. The Balaban J connectivity index is 1.77. The Bertz CT molecular complexity index is 1000. The molecule has 29 heavy (non-hydrogen) atoms. The van der Waals surface area contributed by atoms with Crippen molar-refractivity contribution < 1.29 is 28.3 Å². The molecule has 3 rings (SSSR count). The van der Waals surface area contributed by atoms with Crippen molar-refractivity contribution in [2.45, 2.75) is 26.4 Å². The Morgan fingerprint density at radius 1 is 1.34 bits per heavy atom. The molecule has 152 valence electrons. The lowest BCUT2D eigenvalue weighted by atomic mass is 10.0. The number of hydrogen-bond acceptors (Lipinski definition) is 7. The number of nitrogens with two attached hydrogens (primary N) is 1. The van der Waals surface area contributed by atoms with Gasteiger partial charge in [-0.3, -0.25) is 9.59 Å². The van der Waals surface area contributed by atoms with Gasteiger partial charge < -0.3 is 20.6 Å². The molecule has 0 spiro atoms. The Kier molecular flexibility index (Phi) is 5.92. The number of rotatable bonds is 6. The average Bonchev–Trinajstić information content (AvgIpc) is 3.28. The van der Waals surface area contributed by atoms with E-state index in [2.05, 4.69) is 10.5 Å². The van der Waals surface area contributed by atoms with Crippen LogP contribution >= 0.6 is 11.3 Å². The second-order valence-corrected chi connectivity index (χ2v) is 7.20. The number of oxime groups is 1. The third-order valence-electron chi connectivity index (χ3n) is 4.23. The maximum absolute atomic E-state index is 13.1. The summed E-state index contributed by atoms with van der Waals surface area (Å²) in [6.07, 6.45) is -0.774. The number of carbonyl (C=O) groups excluding carboxylic acids is 3. The number of hydrogen-bond donors (Lipinski definition) is 2. The number of primary amides is 1. The lowest BCUT2D eigenvalue weighted by molar-refractivity contribution is -0.125. The highest BCUT2D eigenvalue weighted by Gasteiger charge is 2.32. The number of nitrogens with one attached hydrogen (secondary N) is 1. The minimum Gasteiger partial charge on any atom is -0.462 e. The first-order valence-corrected chi connectivity index (χ1v) is 9.53. The number of anilines is 1. The van der Waals surface area contributed by atoms with Crippen LogP contribution in [0.3, 0.4) is 0 Å². The van der Waals surface area contributed by atoms with E-state index < -0.39 is 23.9 Å². The van der Waals surface area contributed by atoms with E-state index in [0.717, 1.165) is 11.3 Å². The molecule has 8 nitrogen and oxygen atoms in total. The highest BCUT2D eigenvalue weighted by Crippen LogP contribution is 2.34. The predicted octanol–water partition coefficient (Wildman–Crippen LogP) is 2.60. The van der Waals surface area contributed by atoms with Crippen LogP contribution in [0.4, 0.5) is 9.39 Å². The van der Waals surface area contributed by atoms with Crippen molar-refractivity contribution in [3.63, 3.8) is 0 Å². The van der Waals surface area contributed by atoms with E-state index in [1.807, 2.05) is 0 Å². The second-order valence-electron chi connectivity index (χ2n) is 6.18. The van der Waals surface area contributed by atoms with E-state index in [0.29, 0.717) is 16.8 Å². The molecular formula is C19H18FN3O5S. The van der Waals surface area contributed by atoms with E-state index in [4.69, 9.17) is 15.3 Å². The number of nitrogens with zero attached hydrogens (tertiary/aromatic N) is 1. The molecule has 1 aromatic heterocycles. The summed E-state index contributed by atoms with van der Waals surface area (Å²) in [4.78, 5) is 41.9. The zero-order valence-corrected chi connectivity index (χ0v) is 16.5. The van der Waals surface area contributed by atoms with E-state index in [1.165, 1.54) is 12.1 Å². The normalized spacial score (nSPS) is 15.4. The van der Waals surface area contributed by atoms with Gasteiger partial charge in [-0.1, -0.05) is 17.3 Å². The molecule has 1 aliphatic heterocycles. The molecule has 0 aliphatic carbocycles. The van der Waals surface area contributed by atoms with Crippen molar-refractivity contribution in [1.82, 2.24) is 0 Å². The minimum atomic E-state index is -0.940. The molecule has 0 saturated carbocycles. The summed E-state index contributed by atoms with van der Waals surface area (Å²) >= 11 is 0.892. The van der Waals surface area contributed by atoms with Gasteiger partial charge in [0.15, 0.2) is 0 Å². The molecule has 0 saturated heterocycles. The maximum Gasteiger partial charge on any atom is 0.341 e. The van der Waals surface area contributed by atoms with Gasteiger partial charge in [0.1, 0.15) is 10.8 Å². The molecule has 2 amide bonds. The number of halogens is 1. The van der Waals surface area contributed by atoms with Crippen LogP contribution in [-0.4, -0.2) is 36.2 Å². The quantitative estimate of drug-likeness (QED) is 0.698. The van der Waals surface area contributed by atoms with E-state index in [9.17, 15) is 18.8 Å². The fourth-order valence-corrected chi connectivity index (χ4v) is 3.86. The topological polar surface area (TPSA) is 120 Å². The van der Waals surface area contributed by atoms with E-state index in [-0.39, 0.29) is 34.3 Å².